The molecule has 40 heavy (non-hydrogen) atoms. The summed E-state index contributed by atoms with van der Waals surface area (Å²) in [5, 5.41) is 5.96. The van der Waals surface area contributed by atoms with E-state index in [1.165, 1.54) is 33.6 Å². The summed E-state index contributed by atoms with van der Waals surface area (Å²) in [6.07, 6.45) is 3.11. The van der Waals surface area contributed by atoms with Crippen molar-refractivity contribution in [2.75, 3.05) is 26.8 Å². The van der Waals surface area contributed by atoms with E-state index < -0.39 is 28.5 Å². The molecule has 0 bridgehead atoms. The lowest BCUT2D eigenvalue weighted by molar-refractivity contribution is -0.136. The topological polar surface area (TPSA) is 106 Å². The Morgan fingerprint density at radius 1 is 0.925 bits per heavy atom. The van der Waals surface area contributed by atoms with E-state index in [2.05, 4.69) is 5.10 Å². The van der Waals surface area contributed by atoms with E-state index >= 15 is 0 Å². The third-order valence-electron chi connectivity index (χ3n) is 7.12. The number of hydrogen-bond acceptors (Lipinski definition) is 7. The van der Waals surface area contributed by atoms with Gasteiger partial charge in [-0.3, -0.25) is 4.79 Å². The first-order chi connectivity index (χ1) is 19.4. The van der Waals surface area contributed by atoms with Crippen LogP contribution in [0.3, 0.4) is 0 Å². The van der Waals surface area contributed by atoms with Gasteiger partial charge in [-0.25, -0.2) is 18.2 Å². The molecule has 5 rings (SSSR count). The Hall–Kier alpha value is -4.02. The summed E-state index contributed by atoms with van der Waals surface area (Å²) in [7, 11) is -2.13. The predicted octanol–water partition coefficient (Wildman–Crippen LogP) is 4.40. The molecular weight excluding hydrogens is 530 g/mol. The molecule has 1 atom stereocenters. The lowest BCUT2D eigenvalue weighted by Crippen LogP contribution is -2.35. The number of rotatable bonds is 8. The predicted molar refractivity (Wildman–Crippen MR) is 150 cm³/mol. The zero-order chi connectivity index (χ0) is 28.1. The highest BCUT2D eigenvalue weighted by atomic mass is 32.2. The molecule has 0 N–H and O–H groups in total. The van der Waals surface area contributed by atoms with Gasteiger partial charge in [-0.2, -0.15) is 9.41 Å². The van der Waals surface area contributed by atoms with Gasteiger partial charge in [0.15, 0.2) is 6.61 Å². The molecule has 0 aromatic heterocycles. The number of carbonyl (C=O) groups is 2. The van der Waals surface area contributed by atoms with E-state index in [1.807, 2.05) is 54.6 Å². The van der Waals surface area contributed by atoms with E-state index in [0.29, 0.717) is 25.3 Å². The van der Waals surface area contributed by atoms with Crippen LogP contribution in [0, 0.1) is 0 Å². The van der Waals surface area contributed by atoms with Gasteiger partial charge in [0, 0.05) is 19.5 Å². The third kappa shape index (κ3) is 5.93. The summed E-state index contributed by atoms with van der Waals surface area (Å²) in [5.74, 6) is -0.573. The smallest absolute Gasteiger partial charge is 0.338 e. The van der Waals surface area contributed by atoms with Gasteiger partial charge in [0.2, 0.25) is 10.0 Å². The van der Waals surface area contributed by atoms with Crippen molar-refractivity contribution < 1.29 is 27.5 Å². The molecule has 9 nitrogen and oxygen atoms in total. The number of sulfonamides is 1. The minimum atomic E-state index is -3.71. The minimum Gasteiger partial charge on any atom is -0.497 e. The number of hydrogen-bond donors (Lipinski definition) is 0. The zero-order valence-electron chi connectivity index (χ0n) is 22.2. The van der Waals surface area contributed by atoms with Crippen molar-refractivity contribution in [2.45, 2.75) is 36.6 Å². The normalized spacial score (nSPS) is 17.8. The van der Waals surface area contributed by atoms with Crippen LogP contribution >= 0.6 is 0 Å². The molecule has 0 saturated carbocycles. The lowest BCUT2D eigenvalue weighted by Gasteiger charge is -2.26. The van der Waals surface area contributed by atoms with E-state index in [1.54, 1.807) is 7.11 Å². The van der Waals surface area contributed by atoms with Crippen LogP contribution in [0.5, 0.6) is 5.75 Å². The Bertz CT molecular complexity index is 1500. The van der Waals surface area contributed by atoms with Crippen molar-refractivity contribution in [3.63, 3.8) is 0 Å². The molecule has 0 aliphatic carbocycles. The number of piperidine rings is 1. The molecule has 2 aliphatic heterocycles. The average Bonchev–Trinajstić information content (AvgIpc) is 3.46. The first-order valence-electron chi connectivity index (χ1n) is 13.2. The third-order valence-corrected chi connectivity index (χ3v) is 9.02. The SMILES string of the molecule is COc1ccc(C2CC(c3ccccc3)=NN2C(=O)COC(=O)c2cccc(S(=O)(=O)N3CCCCC3)c2)cc1. The number of benzene rings is 3. The molecule has 1 saturated heterocycles. The highest BCUT2D eigenvalue weighted by Gasteiger charge is 2.34. The van der Waals surface area contributed by atoms with Gasteiger partial charge in [0.05, 0.1) is 29.3 Å². The molecule has 208 valence electrons. The van der Waals surface area contributed by atoms with Gasteiger partial charge >= 0.3 is 5.97 Å². The van der Waals surface area contributed by atoms with Gasteiger partial charge < -0.3 is 9.47 Å². The summed E-state index contributed by atoms with van der Waals surface area (Å²) in [4.78, 5) is 26.2. The number of nitrogens with zero attached hydrogens (tertiary/aromatic N) is 3. The fourth-order valence-electron chi connectivity index (χ4n) is 4.95. The van der Waals surface area contributed by atoms with Crippen molar-refractivity contribution in [1.29, 1.82) is 0 Å². The van der Waals surface area contributed by atoms with Crippen LogP contribution in [0.25, 0.3) is 0 Å². The second-order valence-corrected chi connectivity index (χ2v) is 11.7. The highest BCUT2D eigenvalue weighted by molar-refractivity contribution is 7.89. The number of amides is 1. The maximum Gasteiger partial charge on any atom is 0.338 e. The number of methoxy groups -OCH3 is 1. The molecule has 1 fully saturated rings. The fourth-order valence-corrected chi connectivity index (χ4v) is 6.51. The highest BCUT2D eigenvalue weighted by Crippen LogP contribution is 2.33. The van der Waals surface area contributed by atoms with Gasteiger partial charge in [-0.1, -0.05) is 55.0 Å². The number of carbonyl (C=O) groups excluding carboxylic acids is 2. The van der Waals surface area contributed by atoms with E-state index in [9.17, 15) is 18.0 Å². The molecule has 3 aromatic rings. The number of hydrazone groups is 1. The molecular formula is C30H31N3O6S. The average molecular weight is 562 g/mol. The number of esters is 1. The van der Waals surface area contributed by atoms with Crippen molar-refractivity contribution in [2.24, 2.45) is 5.10 Å². The second kappa shape index (κ2) is 12.0. The summed E-state index contributed by atoms with van der Waals surface area (Å²) < 4.78 is 38.2. The van der Waals surface area contributed by atoms with Gasteiger partial charge in [0.1, 0.15) is 5.75 Å². The van der Waals surface area contributed by atoms with Crippen molar-refractivity contribution in [3.05, 3.63) is 95.6 Å². The summed E-state index contributed by atoms with van der Waals surface area (Å²) >= 11 is 0. The molecule has 1 amide bonds. The standard InChI is InChI=1S/C30H31N3O6S/c1-38-25-15-13-23(14-16-25)28-20-27(22-9-4-2-5-10-22)31-33(28)29(34)21-39-30(35)24-11-8-12-26(19-24)40(36,37)32-17-6-3-7-18-32/h2,4-5,8-16,19,28H,3,6-7,17-18,20-21H2,1H3. The largest absolute Gasteiger partial charge is 0.497 e. The van der Waals surface area contributed by atoms with Crippen LogP contribution in [0.2, 0.25) is 0 Å². The second-order valence-electron chi connectivity index (χ2n) is 9.71. The summed E-state index contributed by atoms with van der Waals surface area (Å²) in [5.41, 5.74) is 2.58. The van der Waals surface area contributed by atoms with Crippen LogP contribution in [0.1, 0.15) is 53.2 Å². The monoisotopic (exact) mass is 561 g/mol. The van der Waals surface area contributed by atoms with Crippen LogP contribution in [-0.2, 0) is 19.6 Å². The molecule has 2 aliphatic rings. The maximum atomic E-state index is 13.3. The summed E-state index contributed by atoms with van der Waals surface area (Å²) in [6, 6.07) is 22.4. The number of ether oxygens (including phenoxy) is 2. The molecule has 10 heteroatoms. The molecule has 0 spiro atoms. The maximum absolute atomic E-state index is 13.3. The van der Waals surface area contributed by atoms with Crippen LogP contribution in [0.15, 0.2) is 88.9 Å². The van der Waals surface area contributed by atoms with Crippen molar-refractivity contribution in [1.82, 2.24) is 9.31 Å². The van der Waals surface area contributed by atoms with Crippen LogP contribution < -0.4 is 4.74 Å². The Morgan fingerprint density at radius 2 is 1.65 bits per heavy atom. The van der Waals surface area contributed by atoms with Gasteiger partial charge in [0.25, 0.3) is 5.91 Å². The Balaban J connectivity index is 1.31. The Morgan fingerprint density at radius 3 is 2.35 bits per heavy atom. The first-order valence-corrected chi connectivity index (χ1v) is 14.7. The van der Waals surface area contributed by atoms with Crippen LogP contribution in [-0.4, -0.2) is 62.1 Å². The minimum absolute atomic E-state index is 0.0337. The van der Waals surface area contributed by atoms with Crippen LogP contribution in [0.4, 0.5) is 0 Å². The van der Waals surface area contributed by atoms with E-state index in [4.69, 9.17) is 9.47 Å². The van der Waals surface area contributed by atoms with Crippen molar-refractivity contribution in [3.8, 4) is 5.75 Å². The molecule has 1 unspecified atom stereocenters. The summed E-state index contributed by atoms with van der Waals surface area (Å²) in [6.45, 7) is 0.380. The lowest BCUT2D eigenvalue weighted by atomic mass is 9.98. The van der Waals surface area contributed by atoms with E-state index in [0.717, 1.165) is 36.1 Å². The zero-order valence-corrected chi connectivity index (χ0v) is 23.0. The van der Waals surface area contributed by atoms with Gasteiger partial charge in [-0.15, -0.1) is 0 Å². The van der Waals surface area contributed by atoms with E-state index in [-0.39, 0.29) is 16.5 Å². The Kier molecular flexibility index (Phi) is 8.27. The van der Waals surface area contributed by atoms with Gasteiger partial charge in [-0.05, 0) is 54.3 Å². The fraction of sp³-hybridized carbons (Fsp3) is 0.300. The molecule has 0 radical (unpaired) electrons. The molecule has 2 heterocycles. The molecule has 3 aromatic carbocycles. The first kappa shape index (κ1) is 27.5. The quantitative estimate of drug-likeness (QED) is 0.378. The van der Waals surface area contributed by atoms with Crippen molar-refractivity contribution >= 4 is 27.6 Å². The Labute approximate surface area is 234 Å².